The number of aromatic nitrogens is 5. The number of carbonyl (C=O) groups is 1. The number of hydrogen-bond acceptors (Lipinski definition) is 6. The molecule has 1 N–H and O–H groups in total. The van der Waals surface area contributed by atoms with E-state index < -0.39 is 0 Å². The molecule has 0 aromatic carbocycles. The number of rotatable bonds is 6. The van der Waals surface area contributed by atoms with Crippen molar-refractivity contribution in [3.05, 3.63) is 41.3 Å². The molecule has 1 aliphatic rings. The predicted molar refractivity (Wildman–Crippen MR) is 148 cm³/mol. The van der Waals surface area contributed by atoms with Crippen molar-refractivity contribution in [2.45, 2.75) is 53.5 Å². The first-order valence-electron chi connectivity index (χ1n) is 13.2. The Kier molecular flexibility index (Phi) is 6.66. The molecule has 0 aliphatic carbocycles. The molecule has 196 valence electrons. The number of hydrogen-bond donors (Lipinski definition) is 1. The Hall–Kier alpha value is -3.46. The van der Waals surface area contributed by atoms with Crippen LogP contribution in [-0.2, 0) is 4.79 Å². The molecule has 0 radical (unpaired) electrons. The summed E-state index contributed by atoms with van der Waals surface area (Å²) in [5, 5.41) is 4.40. The van der Waals surface area contributed by atoms with Crippen molar-refractivity contribution in [1.29, 1.82) is 0 Å². The van der Waals surface area contributed by atoms with Gasteiger partial charge in [0.25, 0.3) is 0 Å². The highest BCUT2D eigenvalue weighted by Crippen LogP contribution is 2.38. The molecule has 4 aromatic rings. The number of amides is 1. The number of aryl methyl sites for hydroxylation is 1. The quantitative estimate of drug-likeness (QED) is 0.429. The van der Waals surface area contributed by atoms with E-state index in [4.69, 9.17) is 4.98 Å². The topological polar surface area (TPSA) is 85.7 Å². The number of likely N-dealkylation sites (N-methyl/N-ethyl adjacent to an activating group) is 1. The second-order valence-corrected chi connectivity index (χ2v) is 10.7. The van der Waals surface area contributed by atoms with Gasteiger partial charge < -0.3 is 14.8 Å². The third-order valence-electron chi connectivity index (χ3n) is 7.85. The first-order chi connectivity index (χ1) is 17.7. The lowest BCUT2D eigenvalue weighted by molar-refractivity contribution is -0.134. The van der Waals surface area contributed by atoms with Crippen molar-refractivity contribution >= 4 is 28.4 Å². The van der Waals surface area contributed by atoms with Crippen molar-refractivity contribution in [1.82, 2.24) is 34.4 Å². The van der Waals surface area contributed by atoms with Crippen LogP contribution in [0.3, 0.4) is 0 Å². The second-order valence-electron chi connectivity index (χ2n) is 10.7. The highest BCUT2D eigenvalue weighted by atomic mass is 16.2. The van der Waals surface area contributed by atoms with Gasteiger partial charge in [-0.3, -0.25) is 9.69 Å². The van der Waals surface area contributed by atoms with Crippen molar-refractivity contribution in [2.75, 3.05) is 44.7 Å². The molecule has 1 fully saturated rings. The molecule has 1 amide bonds. The Labute approximate surface area is 218 Å². The van der Waals surface area contributed by atoms with E-state index in [9.17, 15) is 4.79 Å². The van der Waals surface area contributed by atoms with Gasteiger partial charge in [0.2, 0.25) is 5.91 Å². The van der Waals surface area contributed by atoms with E-state index in [1.54, 1.807) is 6.33 Å². The lowest BCUT2D eigenvalue weighted by Crippen LogP contribution is -2.56. The molecule has 9 nitrogen and oxygen atoms in total. The Bertz CT molecular complexity index is 1450. The first kappa shape index (κ1) is 25.2. The molecular weight excluding hydrogens is 464 g/mol. The smallest absolute Gasteiger partial charge is 0.237 e. The Morgan fingerprint density at radius 3 is 2.70 bits per heavy atom. The van der Waals surface area contributed by atoms with Gasteiger partial charge in [-0.2, -0.15) is 5.10 Å². The maximum absolute atomic E-state index is 12.8. The number of pyridine rings is 2. The van der Waals surface area contributed by atoms with Gasteiger partial charge in [-0.15, -0.1) is 0 Å². The molecule has 9 heteroatoms. The average molecular weight is 503 g/mol. The van der Waals surface area contributed by atoms with E-state index in [0.717, 1.165) is 59.0 Å². The molecule has 0 spiro atoms. The van der Waals surface area contributed by atoms with Crippen LogP contribution in [0.25, 0.3) is 27.9 Å². The summed E-state index contributed by atoms with van der Waals surface area (Å²) >= 11 is 0. The van der Waals surface area contributed by atoms with Crippen molar-refractivity contribution < 1.29 is 4.79 Å². The molecular formula is C28H38N8O. The summed E-state index contributed by atoms with van der Waals surface area (Å²) in [6.45, 7) is 16.5. The summed E-state index contributed by atoms with van der Waals surface area (Å²) in [5.41, 5.74) is 8.67. The number of anilines is 1. The largest absolute Gasteiger partial charge is 0.353 e. The lowest BCUT2D eigenvalue weighted by atomic mass is 9.95. The number of H-pyrrole nitrogens is 1. The number of piperazine rings is 1. The van der Waals surface area contributed by atoms with Gasteiger partial charge in [0, 0.05) is 43.0 Å². The molecule has 1 atom stereocenters. The molecule has 0 unspecified atom stereocenters. The predicted octanol–water partition coefficient (Wildman–Crippen LogP) is 4.00. The molecule has 5 heterocycles. The monoisotopic (exact) mass is 502 g/mol. The van der Waals surface area contributed by atoms with Crippen LogP contribution in [-0.4, -0.2) is 86.1 Å². The normalized spacial score (nSPS) is 16.6. The number of carbonyl (C=O) groups excluding carboxylic acids is 1. The van der Waals surface area contributed by atoms with E-state index in [0.29, 0.717) is 13.1 Å². The highest BCUT2D eigenvalue weighted by Gasteiger charge is 2.29. The minimum Gasteiger partial charge on any atom is -0.353 e. The van der Waals surface area contributed by atoms with Crippen LogP contribution in [0.5, 0.6) is 0 Å². The van der Waals surface area contributed by atoms with Gasteiger partial charge in [-0.05, 0) is 63.5 Å². The van der Waals surface area contributed by atoms with Crippen LogP contribution in [0.1, 0.15) is 50.3 Å². The van der Waals surface area contributed by atoms with E-state index >= 15 is 0 Å². The number of nitrogens with one attached hydrogen (secondary N) is 1. The van der Waals surface area contributed by atoms with Crippen LogP contribution >= 0.6 is 0 Å². The molecule has 1 saturated heterocycles. The zero-order chi connectivity index (χ0) is 26.4. The molecule has 4 aromatic heterocycles. The minimum absolute atomic E-state index is 0.135. The SMILES string of the molecule is CCN(C)CC(=O)N1CCN(c2ccc3[nH]c(-c4cn5ncnc5c(C)c4C)c(C(C)C)c3n2)C[C@@H]1C. The van der Waals surface area contributed by atoms with Crippen LogP contribution in [0.2, 0.25) is 0 Å². The Morgan fingerprint density at radius 1 is 1.22 bits per heavy atom. The van der Waals surface area contributed by atoms with Gasteiger partial charge in [0.05, 0.1) is 23.3 Å². The summed E-state index contributed by atoms with van der Waals surface area (Å²) in [5.74, 6) is 1.44. The fourth-order valence-corrected chi connectivity index (χ4v) is 5.45. The van der Waals surface area contributed by atoms with Crippen molar-refractivity contribution in [3.63, 3.8) is 0 Å². The number of fused-ring (bicyclic) bond motifs is 2. The van der Waals surface area contributed by atoms with Crippen LogP contribution in [0.15, 0.2) is 24.7 Å². The van der Waals surface area contributed by atoms with E-state index in [1.807, 2.05) is 16.5 Å². The minimum atomic E-state index is 0.135. The van der Waals surface area contributed by atoms with E-state index in [2.05, 4.69) is 84.7 Å². The van der Waals surface area contributed by atoms with Crippen LogP contribution in [0, 0.1) is 13.8 Å². The first-order valence-corrected chi connectivity index (χ1v) is 13.2. The van der Waals surface area contributed by atoms with Crippen LogP contribution in [0.4, 0.5) is 5.82 Å². The zero-order valence-corrected chi connectivity index (χ0v) is 23.0. The van der Waals surface area contributed by atoms with Crippen molar-refractivity contribution in [3.8, 4) is 11.3 Å². The maximum Gasteiger partial charge on any atom is 0.237 e. The summed E-state index contributed by atoms with van der Waals surface area (Å²) in [6, 6.07) is 4.37. The van der Waals surface area contributed by atoms with Gasteiger partial charge in [-0.25, -0.2) is 14.5 Å². The van der Waals surface area contributed by atoms with Crippen LogP contribution < -0.4 is 4.90 Å². The highest BCUT2D eigenvalue weighted by molar-refractivity contribution is 5.90. The van der Waals surface area contributed by atoms with Crippen molar-refractivity contribution in [2.24, 2.45) is 0 Å². The second kappa shape index (κ2) is 9.78. The molecule has 5 rings (SSSR count). The Balaban J connectivity index is 1.48. The van der Waals surface area contributed by atoms with Gasteiger partial charge in [0.1, 0.15) is 12.1 Å². The maximum atomic E-state index is 12.8. The zero-order valence-electron chi connectivity index (χ0n) is 23.0. The van der Waals surface area contributed by atoms with E-state index in [-0.39, 0.29) is 17.9 Å². The standard InChI is InChI=1S/C28H38N8O/c1-8-33(7)15-24(37)35-12-11-34(13-18(35)4)23-10-9-22-27(32-23)25(17(2)3)26(31-22)21-14-36-28(29-16-30-36)20(6)19(21)5/h9-10,14,16-18,31H,8,11-13,15H2,1-7H3/t18-/m0/s1. The summed E-state index contributed by atoms with van der Waals surface area (Å²) in [7, 11) is 1.99. The third kappa shape index (κ3) is 4.45. The average Bonchev–Trinajstić information content (AvgIpc) is 3.50. The van der Waals surface area contributed by atoms with Gasteiger partial charge in [0.15, 0.2) is 5.65 Å². The summed E-state index contributed by atoms with van der Waals surface area (Å²) in [6.07, 6.45) is 3.67. The molecule has 0 saturated carbocycles. The fourth-order valence-electron chi connectivity index (χ4n) is 5.45. The lowest BCUT2D eigenvalue weighted by Gasteiger charge is -2.41. The number of aromatic amines is 1. The third-order valence-corrected chi connectivity index (χ3v) is 7.85. The van der Waals surface area contributed by atoms with E-state index in [1.165, 1.54) is 11.1 Å². The van der Waals surface area contributed by atoms with Gasteiger partial charge >= 0.3 is 0 Å². The fraction of sp³-hybridized carbons (Fsp3) is 0.500. The van der Waals surface area contributed by atoms with Gasteiger partial charge in [-0.1, -0.05) is 20.8 Å². The molecule has 0 bridgehead atoms. The number of nitrogens with zero attached hydrogens (tertiary/aromatic N) is 7. The summed E-state index contributed by atoms with van der Waals surface area (Å²) < 4.78 is 1.85. The molecule has 37 heavy (non-hydrogen) atoms. The summed E-state index contributed by atoms with van der Waals surface area (Å²) in [4.78, 5) is 32.5. The molecule has 1 aliphatic heterocycles. The Morgan fingerprint density at radius 2 is 2.00 bits per heavy atom.